The maximum absolute atomic E-state index is 6.44. The fourth-order valence-corrected chi connectivity index (χ4v) is 9.52. The summed E-state index contributed by atoms with van der Waals surface area (Å²) in [5.74, 6) is 1.81. The van der Waals surface area contributed by atoms with E-state index in [1.165, 1.54) is 5.39 Å². The molecule has 0 amide bonds. The maximum atomic E-state index is 6.44. The number of para-hydroxylation sites is 4. The Kier molecular flexibility index (Phi) is 8.11. The van der Waals surface area contributed by atoms with E-state index in [9.17, 15) is 0 Å². The van der Waals surface area contributed by atoms with Crippen LogP contribution in [0.1, 0.15) is 0 Å². The molecule has 0 atom stereocenters. The molecule has 0 unspecified atom stereocenters. The zero-order valence-corrected chi connectivity index (χ0v) is 34.4. The van der Waals surface area contributed by atoms with Gasteiger partial charge in [-0.25, -0.2) is 19.9 Å². The van der Waals surface area contributed by atoms with E-state index < -0.39 is 0 Å². The highest BCUT2D eigenvalue weighted by Gasteiger charge is 2.21. The van der Waals surface area contributed by atoms with E-state index >= 15 is 0 Å². The van der Waals surface area contributed by atoms with Crippen LogP contribution >= 0.6 is 0 Å². The van der Waals surface area contributed by atoms with Crippen molar-refractivity contribution in [1.29, 1.82) is 0 Å². The lowest BCUT2D eigenvalue weighted by Crippen LogP contribution is -2.00. The second-order valence-electron chi connectivity index (χ2n) is 16.2. The molecule has 0 aliphatic carbocycles. The number of fused-ring (bicyclic) bond motifs is 10. The summed E-state index contributed by atoms with van der Waals surface area (Å²) in [4.78, 5) is 21.1. The third kappa shape index (κ3) is 5.73. The fraction of sp³-hybridized carbons (Fsp3) is 0. The molecule has 0 bridgehead atoms. The van der Waals surface area contributed by atoms with Gasteiger partial charge >= 0.3 is 0 Å². The summed E-state index contributed by atoms with van der Waals surface area (Å²) >= 11 is 0. The van der Waals surface area contributed by atoms with Gasteiger partial charge in [-0.05, 0) is 66.2 Å². The average molecular weight is 818 g/mol. The van der Waals surface area contributed by atoms with Crippen LogP contribution in [0.5, 0.6) is 0 Å². The summed E-state index contributed by atoms with van der Waals surface area (Å²) < 4.78 is 8.76. The van der Waals surface area contributed by atoms with Gasteiger partial charge in [0.15, 0.2) is 17.5 Å². The third-order valence-corrected chi connectivity index (χ3v) is 12.4. The highest BCUT2D eigenvalue weighted by molar-refractivity contribution is 6.29. The number of aromatic nitrogens is 5. The molecule has 9 aromatic carbocycles. The fourth-order valence-electron chi connectivity index (χ4n) is 9.52. The van der Waals surface area contributed by atoms with Gasteiger partial charge in [0.2, 0.25) is 0 Å². The van der Waals surface area contributed by atoms with E-state index in [4.69, 9.17) is 24.4 Å². The first-order valence-electron chi connectivity index (χ1n) is 21.5. The molecule has 0 aliphatic heterocycles. The van der Waals surface area contributed by atoms with E-state index in [0.717, 1.165) is 105 Å². The Hall–Kier alpha value is -8.74. The van der Waals surface area contributed by atoms with Crippen LogP contribution in [0.25, 0.3) is 128 Å². The summed E-state index contributed by atoms with van der Waals surface area (Å²) in [6.07, 6.45) is 0. The molecule has 6 heteroatoms. The molecular weight excluding hydrogens is 783 g/mol. The molecule has 0 radical (unpaired) electrons. The van der Waals surface area contributed by atoms with Crippen molar-refractivity contribution in [2.24, 2.45) is 0 Å². The number of hydrogen-bond donors (Lipinski definition) is 0. The van der Waals surface area contributed by atoms with Crippen LogP contribution in [-0.2, 0) is 0 Å². The maximum Gasteiger partial charge on any atom is 0.164 e. The lowest BCUT2D eigenvalue weighted by Gasteiger charge is -2.15. The molecule has 0 N–H and O–H groups in total. The topological polar surface area (TPSA) is 69.6 Å². The SMILES string of the molecule is c1ccc(-c2nc(-c3cccc(-c4cccc5c4nc(-c4ccccc4)c4ccc6oc7ccccc7c6c45)c3)nc(-c3ccc4c(c3)c3ccccc3n4-c3ccccc3)n2)cc1. The first-order valence-corrected chi connectivity index (χ1v) is 21.5. The van der Waals surface area contributed by atoms with Crippen LogP contribution in [0.15, 0.2) is 217 Å². The molecule has 298 valence electrons. The Balaban J connectivity index is 1.01. The minimum absolute atomic E-state index is 0.590. The Bertz CT molecular complexity index is 3950. The van der Waals surface area contributed by atoms with Gasteiger partial charge in [-0.15, -0.1) is 0 Å². The smallest absolute Gasteiger partial charge is 0.164 e. The van der Waals surface area contributed by atoms with E-state index in [-0.39, 0.29) is 0 Å². The predicted molar refractivity (Wildman–Crippen MR) is 261 cm³/mol. The van der Waals surface area contributed by atoms with Crippen LogP contribution in [0, 0.1) is 0 Å². The number of hydrogen-bond acceptors (Lipinski definition) is 5. The monoisotopic (exact) mass is 817 g/mol. The van der Waals surface area contributed by atoms with Crippen molar-refractivity contribution in [2.45, 2.75) is 0 Å². The molecule has 0 saturated heterocycles. The minimum Gasteiger partial charge on any atom is -0.456 e. The molecule has 0 fully saturated rings. The molecule has 0 spiro atoms. The minimum atomic E-state index is 0.590. The Morgan fingerprint density at radius 1 is 0.328 bits per heavy atom. The first kappa shape index (κ1) is 36.0. The van der Waals surface area contributed by atoms with Crippen molar-refractivity contribution in [3.8, 4) is 62.2 Å². The largest absolute Gasteiger partial charge is 0.456 e. The van der Waals surface area contributed by atoms with Gasteiger partial charge in [0.1, 0.15) is 11.2 Å². The van der Waals surface area contributed by atoms with Gasteiger partial charge in [-0.3, -0.25) is 0 Å². The van der Waals surface area contributed by atoms with Crippen LogP contribution in [0.2, 0.25) is 0 Å². The van der Waals surface area contributed by atoms with Gasteiger partial charge < -0.3 is 8.98 Å². The zero-order valence-electron chi connectivity index (χ0n) is 34.4. The summed E-state index contributed by atoms with van der Waals surface area (Å²) in [5, 5.41) is 7.75. The molecule has 13 rings (SSSR count). The molecule has 13 aromatic rings. The summed E-state index contributed by atoms with van der Waals surface area (Å²) in [5.41, 5.74) is 12.7. The normalized spacial score (nSPS) is 11.8. The van der Waals surface area contributed by atoms with E-state index in [2.05, 4.69) is 168 Å². The van der Waals surface area contributed by atoms with Crippen LogP contribution < -0.4 is 0 Å². The molecular formula is C58H35N5O. The first-order chi connectivity index (χ1) is 31.7. The molecule has 0 saturated carbocycles. The van der Waals surface area contributed by atoms with Gasteiger partial charge in [0, 0.05) is 71.2 Å². The third-order valence-electron chi connectivity index (χ3n) is 12.4. The van der Waals surface area contributed by atoms with Gasteiger partial charge in [-0.1, -0.05) is 152 Å². The number of pyridine rings is 1. The Morgan fingerprint density at radius 2 is 0.922 bits per heavy atom. The van der Waals surface area contributed by atoms with E-state index in [1.807, 2.05) is 48.5 Å². The van der Waals surface area contributed by atoms with Gasteiger partial charge in [-0.2, -0.15) is 0 Å². The molecule has 4 aromatic heterocycles. The van der Waals surface area contributed by atoms with E-state index in [0.29, 0.717) is 17.5 Å². The lowest BCUT2D eigenvalue weighted by atomic mass is 9.93. The standard InChI is InChI=1S/C58H35N5O/c1-4-16-36(17-5-1)54-46-31-33-51-53(44-25-11-13-29-50(44)64-51)52(46)45-27-15-26-42(55(45)59-54)38-20-14-21-39(34-38)57-60-56(37-18-6-2-7-19-37)61-58(62-57)40-30-32-49-47(35-40)43-24-10-12-28-48(43)63(49)41-22-8-3-9-23-41/h1-35H. The van der Waals surface area contributed by atoms with Crippen molar-refractivity contribution in [1.82, 2.24) is 24.5 Å². The second-order valence-corrected chi connectivity index (χ2v) is 16.2. The summed E-state index contributed by atoms with van der Waals surface area (Å²) in [6, 6.07) is 73.7. The van der Waals surface area contributed by atoms with Crippen molar-refractivity contribution < 1.29 is 4.42 Å². The molecule has 6 nitrogen and oxygen atoms in total. The lowest BCUT2D eigenvalue weighted by molar-refractivity contribution is 0.669. The number of rotatable bonds is 6. The van der Waals surface area contributed by atoms with E-state index in [1.54, 1.807) is 0 Å². The quantitative estimate of drug-likeness (QED) is 0.156. The Morgan fingerprint density at radius 3 is 1.72 bits per heavy atom. The van der Waals surface area contributed by atoms with Crippen LogP contribution in [-0.4, -0.2) is 24.5 Å². The van der Waals surface area contributed by atoms with Crippen LogP contribution in [0.4, 0.5) is 0 Å². The van der Waals surface area contributed by atoms with Gasteiger partial charge in [0.05, 0.1) is 22.2 Å². The zero-order chi connectivity index (χ0) is 42.1. The highest BCUT2D eigenvalue weighted by atomic mass is 16.3. The summed E-state index contributed by atoms with van der Waals surface area (Å²) in [6.45, 7) is 0. The Labute approximate surface area is 367 Å². The average Bonchev–Trinajstić information content (AvgIpc) is 3.92. The van der Waals surface area contributed by atoms with Crippen molar-refractivity contribution in [3.05, 3.63) is 212 Å². The predicted octanol–water partition coefficient (Wildman–Crippen LogP) is 14.9. The molecule has 0 aliphatic rings. The number of nitrogens with zero attached hydrogens (tertiary/aromatic N) is 5. The van der Waals surface area contributed by atoms with Crippen LogP contribution in [0.3, 0.4) is 0 Å². The number of furan rings is 1. The highest BCUT2D eigenvalue weighted by Crippen LogP contribution is 2.43. The van der Waals surface area contributed by atoms with Crippen molar-refractivity contribution in [2.75, 3.05) is 0 Å². The van der Waals surface area contributed by atoms with Gasteiger partial charge in [0.25, 0.3) is 0 Å². The second kappa shape index (κ2) is 14.4. The summed E-state index contributed by atoms with van der Waals surface area (Å²) in [7, 11) is 0. The number of benzene rings is 9. The van der Waals surface area contributed by atoms with Crippen molar-refractivity contribution in [3.63, 3.8) is 0 Å². The molecule has 4 heterocycles. The molecule has 64 heavy (non-hydrogen) atoms. The van der Waals surface area contributed by atoms with Crippen molar-refractivity contribution >= 4 is 65.4 Å².